The van der Waals surface area contributed by atoms with Crippen molar-refractivity contribution in [2.24, 2.45) is 5.73 Å². The number of para-hydroxylation sites is 1. The van der Waals surface area contributed by atoms with Gasteiger partial charge in [0.15, 0.2) is 0 Å². The number of alkyl halides is 2. The Bertz CT molecular complexity index is 336. The van der Waals surface area contributed by atoms with Crippen molar-refractivity contribution in [1.29, 1.82) is 0 Å². The summed E-state index contributed by atoms with van der Waals surface area (Å²) in [4.78, 5) is 0. The van der Waals surface area contributed by atoms with E-state index < -0.39 is 18.6 Å². The summed E-state index contributed by atoms with van der Waals surface area (Å²) >= 11 is 0. The smallest absolute Gasteiger partial charge is 0.289 e. The number of hydrogen-bond donors (Lipinski definition) is 2. The van der Waals surface area contributed by atoms with Crippen LogP contribution >= 0.6 is 12.4 Å². The largest absolute Gasteiger partial charge is 0.496 e. The van der Waals surface area contributed by atoms with Gasteiger partial charge in [0.25, 0.3) is 5.92 Å². The van der Waals surface area contributed by atoms with Gasteiger partial charge in [-0.05, 0) is 6.07 Å². The van der Waals surface area contributed by atoms with Crippen molar-refractivity contribution in [2.75, 3.05) is 13.7 Å². The first kappa shape index (κ1) is 15.1. The molecule has 3 N–H and O–H groups in total. The number of nitrogens with two attached hydrogens (primary N) is 1. The molecule has 92 valence electrons. The van der Waals surface area contributed by atoms with E-state index in [1.807, 2.05) is 0 Å². The van der Waals surface area contributed by atoms with Crippen molar-refractivity contribution in [2.45, 2.75) is 12.0 Å². The minimum Gasteiger partial charge on any atom is -0.496 e. The number of methoxy groups -OCH3 is 1. The maximum Gasteiger partial charge on any atom is 0.289 e. The second kappa shape index (κ2) is 5.98. The van der Waals surface area contributed by atoms with Crippen molar-refractivity contribution in [3.8, 4) is 5.75 Å². The highest BCUT2D eigenvalue weighted by molar-refractivity contribution is 5.85. The summed E-state index contributed by atoms with van der Waals surface area (Å²) in [5, 5.41) is 8.52. The summed E-state index contributed by atoms with van der Waals surface area (Å²) in [5.41, 5.74) is 5.55. The first-order chi connectivity index (χ1) is 7.03. The third kappa shape index (κ3) is 3.04. The lowest BCUT2D eigenvalue weighted by Gasteiger charge is -2.23. The maximum atomic E-state index is 13.1. The summed E-state index contributed by atoms with van der Waals surface area (Å²) in [5.74, 6) is -3.06. The number of halogens is 3. The Labute approximate surface area is 98.6 Å². The van der Waals surface area contributed by atoms with E-state index in [9.17, 15) is 8.78 Å². The van der Waals surface area contributed by atoms with Gasteiger partial charge in [0.05, 0.1) is 7.11 Å². The molecule has 0 saturated heterocycles. The van der Waals surface area contributed by atoms with Gasteiger partial charge in [-0.15, -0.1) is 12.4 Å². The zero-order valence-corrected chi connectivity index (χ0v) is 9.51. The van der Waals surface area contributed by atoms with Crippen LogP contribution in [0.3, 0.4) is 0 Å². The van der Waals surface area contributed by atoms with Crippen LogP contribution in [0.2, 0.25) is 0 Å². The van der Waals surface area contributed by atoms with Crippen molar-refractivity contribution in [3.63, 3.8) is 0 Å². The van der Waals surface area contributed by atoms with Crippen LogP contribution in [0, 0.1) is 0 Å². The number of rotatable bonds is 4. The van der Waals surface area contributed by atoms with E-state index in [0.717, 1.165) is 0 Å². The first-order valence-corrected chi connectivity index (χ1v) is 4.40. The van der Waals surface area contributed by atoms with Gasteiger partial charge < -0.3 is 15.6 Å². The number of ether oxygens (including phenoxy) is 1. The maximum absolute atomic E-state index is 13.1. The SMILES string of the molecule is COc1ccccc1[C@@H](N)C(F)(F)CO.Cl. The molecule has 0 radical (unpaired) electrons. The van der Waals surface area contributed by atoms with Gasteiger partial charge in [-0.1, -0.05) is 18.2 Å². The second-order valence-electron chi connectivity index (χ2n) is 3.14. The fourth-order valence-corrected chi connectivity index (χ4v) is 1.25. The fourth-order valence-electron chi connectivity index (χ4n) is 1.25. The van der Waals surface area contributed by atoms with Gasteiger partial charge >= 0.3 is 0 Å². The first-order valence-electron chi connectivity index (χ1n) is 4.40. The highest BCUT2D eigenvalue weighted by atomic mass is 35.5. The molecule has 0 aliphatic heterocycles. The fraction of sp³-hybridized carbons (Fsp3) is 0.400. The molecule has 0 aliphatic rings. The van der Waals surface area contributed by atoms with Crippen molar-refractivity contribution in [1.82, 2.24) is 0 Å². The Morgan fingerprint density at radius 1 is 1.44 bits per heavy atom. The van der Waals surface area contributed by atoms with E-state index in [2.05, 4.69) is 0 Å². The molecule has 0 heterocycles. The average Bonchev–Trinajstić information content (AvgIpc) is 2.28. The number of benzene rings is 1. The Morgan fingerprint density at radius 3 is 2.50 bits per heavy atom. The van der Waals surface area contributed by atoms with Crippen molar-refractivity contribution >= 4 is 12.4 Å². The molecule has 0 aromatic heterocycles. The molecule has 0 spiro atoms. The van der Waals surface area contributed by atoms with E-state index >= 15 is 0 Å². The van der Waals surface area contributed by atoms with Crippen LogP contribution < -0.4 is 10.5 Å². The molecule has 1 aromatic carbocycles. The van der Waals surface area contributed by atoms with Crippen molar-refractivity contribution in [3.05, 3.63) is 29.8 Å². The summed E-state index contributed by atoms with van der Waals surface area (Å²) in [6, 6.07) is 4.67. The summed E-state index contributed by atoms with van der Waals surface area (Å²) in [6.07, 6.45) is 0. The Morgan fingerprint density at radius 2 is 2.00 bits per heavy atom. The summed E-state index contributed by atoms with van der Waals surface area (Å²) < 4.78 is 31.1. The van der Waals surface area contributed by atoms with Gasteiger partial charge in [0.2, 0.25) is 0 Å². The zero-order chi connectivity index (χ0) is 11.5. The molecular weight excluding hydrogens is 240 g/mol. The monoisotopic (exact) mass is 253 g/mol. The predicted octanol–water partition coefficient (Wildman–Crippen LogP) is 1.74. The summed E-state index contributed by atoms with van der Waals surface area (Å²) in [6.45, 7) is -1.29. The lowest BCUT2D eigenvalue weighted by atomic mass is 10.0. The van der Waals surface area contributed by atoms with Crippen LogP contribution in [-0.4, -0.2) is 24.7 Å². The van der Waals surface area contributed by atoms with E-state index in [1.54, 1.807) is 18.2 Å². The number of hydrogen-bond acceptors (Lipinski definition) is 3. The van der Waals surface area contributed by atoms with Crippen LogP contribution in [0.5, 0.6) is 5.75 Å². The molecule has 0 saturated carbocycles. The predicted molar refractivity (Wildman–Crippen MR) is 59.2 cm³/mol. The molecule has 0 fully saturated rings. The minimum atomic E-state index is -3.35. The van der Waals surface area contributed by atoms with Gasteiger partial charge in [-0.25, -0.2) is 8.78 Å². The molecule has 0 unspecified atom stereocenters. The van der Waals surface area contributed by atoms with Crippen LogP contribution in [0.1, 0.15) is 11.6 Å². The third-order valence-corrected chi connectivity index (χ3v) is 2.14. The van der Waals surface area contributed by atoms with Gasteiger partial charge in [-0.3, -0.25) is 0 Å². The Balaban J connectivity index is 0.00000225. The summed E-state index contributed by atoms with van der Waals surface area (Å²) in [7, 11) is 1.38. The molecule has 6 heteroatoms. The molecule has 0 amide bonds. The van der Waals surface area contributed by atoms with E-state index in [1.165, 1.54) is 13.2 Å². The highest BCUT2D eigenvalue weighted by Gasteiger charge is 2.38. The number of aliphatic hydroxyl groups is 1. The van der Waals surface area contributed by atoms with Crippen LogP contribution in [0.15, 0.2) is 24.3 Å². The van der Waals surface area contributed by atoms with Crippen LogP contribution in [0.25, 0.3) is 0 Å². The molecule has 1 atom stereocenters. The molecule has 0 aliphatic carbocycles. The van der Waals surface area contributed by atoms with Gasteiger partial charge in [-0.2, -0.15) is 0 Å². The highest BCUT2D eigenvalue weighted by Crippen LogP contribution is 2.33. The lowest BCUT2D eigenvalue weighted by molar-refractivity contribution is -0.0715. The zero-order valence-electron chi connectivity index (χ0n) is 8.69. The molecule has 3 nitrogen and oxygen atoms in total. The van der Waals surface area contributed by atoms with Gasteiger partial charge in [0, 0.05) is 5.56 Å². The molecular formula is C10H14ClF2NO2. The second-order valence-corrected chi connectivity index (χ2v) is 3.14. The van der Waals surface area contributed by atoms with Crippen molar-refractivity contribution < 1.29 is 18.6 Å². The van der Waals surface area contributed by atoms with E-state index in [0.29, 0.717) is 0 Å². The van der Waals surface area contributed by atoms with Crippen LogP contribution in [0.4, 0.5) is 8.78 Å². The number of aliphatic hydroxyl groups excluding tert-OH is 1. The topological polar surface area (TPSA) is 55.5 Å². The normalized spacial score (nSPS) is 12.8. The molecule has 0 bridgehead atoms. The minimum absolute atomic E-state index is 0. The van der Waals surface area contributed by atoms with Crippen LogP contribution in [-0.2, 0) is 0 Å². The molecule has 16 heavy (non-hydrogen) atoms. The quantitative estimate of drug-likeness (QED) is 0.860. The average molecular weight is 254 g/mol. The van der Waals surface area contributed by atoms with E-state index in [-0.39, 0.29) is 23.7 Å². The lowest BCUT2D eigenvalue weighted by Crippen LogP contribution is -2.36. The van der Waals surface area contributed by atoms with Gasteiger partial charge in [0.1, 0.15) is 18.4 Å². The molecule has 1 aromatic rings. The Hall–Kier alpha value is -0.910. The standard InChI is InChI=1S/C10H13F2NO2.ClH/c1-15-8-5-3-2-4-7(8)9(13)10(11,12)6-14;/h2-5,9,14H,6,13H2,1H3;1H/t9-;/m1./s1. The van der Waals surface area contributed by atoms with E-state index in [4.69, 9.17) is 15.6 Å². The third-order valence-electron chi connectivity index (χ3n) is 2.14. The molecule has 1 rings (SSSR count). The Kier molecular flexibility index (Phi) is 5.64.